The Morgan fingerprint density at radius 2 is 2.13 bits per heavy atom. The van der Waals surface area contributed by atoms with Crippen molar-refractivity contribution in [2.75, 3.05) is 40.1 Å². The Labute approximate surface area is 92.3 Å². The number of nitrogens with one attached hydrogen (secondary N) is 1. The highest BCUT2D eigenvalue weighted by atomic mass is 16.5. The molecular weight excluding hydrogens is 194 g/mol. The third-order valence-electron chi connectivity index (χ3n) is 2.53. The monoisotopic (exact) mass is 217 g/mol. The summed E-state index contributed by atoms with van der Waals surface area (Å²) >= 11 is 0. The Balaban J connectivity index is 1.91. The normalized spacial score (nSPS) is 20.4. The van der Waals surface area contributed by atoms with Crippen LogP contribution in [0.15, 0.2) is 0 Å². The zero-order valence-corrected chi connectivity index (χ0v) is 9.83. The first kappa shape index (κ1) is 12.9. The summed E-state index contributed by atoms with van der Waals surface area (Å²) in [6.07, 6.45) is 2.47. The minimum Gasteiger partial charge on any atom is -0.383 e. The molecule has 0 aromatic rings. The van der Waals surface area contributed by atoms with Crippen LogP contribution < -0.4 is 5.32 Å². The van der Waals surface area contributed by atoms with Crippen molar-refractivity contribution in [3.05, 3.63) is 0 Å². The van der Waals surface area contributed by atoms with E-state index in [0.29, 0.717) is 12.1 Å². The lowest BCUT2D eigenvalue weighted by Crippen LogP contribution is -2.34. The molecule has 15 heavy (non-hydrogen) atoms. The van der Waals surface area contributed by atoms with Crippen LogP contribution in [-0.2, 0) is 14.2 Å². The Morgan fingerprint density at radius 3 is 2.80 bits per heavy atom. The lowest BCUT2D eigenvalue weighted by Gasteiger charge is -2.22. The van der Waals surface area contributed by atoms with Gasteiger partial charge in [-0.1, -0.05) is 0 Å². The van der Waals surface area contributed by atoms with Crippen molar-refractivity contribution >= 4 is 0 Å². The fourth-order valence-electron chi connectivity index (χ4n) is 1.68. The molecule has 0 saturated carbocycles. The van der Waals surface area contributed by atoms with Crippen molar-refractivity contribution in [3.8, 4) is 0 Å². The van der Waals surface area contributed by atoms with E-state index < -0.39 is 0 Å². The zero-order chi connectivity index (χ0) is 10.9. The van der Waals surface area contributed by atoms with E-state index in [-0.39, 0.29) is 0 Å². The smallest absolute Gasteiger partial charge is 0.0619 e. The van der Waals surface area contributed by atoms with Crippen molar-refractivity contribution in [1.82, 2.24) is 5.32 Å². The molecule has 0 amide bonds. The van der Waals surface area contributed by atoms with Crippen molar-refractivity contribution < 1.29 is 14.2 Å². The minimum absolute atomic E-state index is 0.397. The molecule has 0 spiro atoms. The average Bonchev–Trinajstić information content (AvgIpc) is 2.26. The second-order valence-corrected chi connectivity index (χ2v) is 3.99. The van der Waals surface area contributed by atoms with E-state index in [9.17, 15) is 0 Å². The summed E-state index contributed by atoms with van der Waals surface area (Å²) in [5, 5.41) is 3.34. The average molecular weight is 217 g/mol. The molecule has 1 heterocycles. The largest absolute Gasteiger partial charge is 0.383 e. The molecule has 1 fully saturated rings. The first-order valence-electron chi connectivity index (χ1n) is 5.74. The number of methoxy groups -OCH3 is 1. The van der Waals surface area contributed by atoms with Gasteiger partial charge >= 0.3 is 0 Å². The van der Waals surface area contributed by atoms with Gasteiger partial charge in [-0.2, -0.15) is 0 Å². The van der Waals surface area contributed by atoms with Gasteiger partial charge in [-0.3, -0.25) is 0 Å². The Morgan fingerprint density at radius 1 is 1.40 bits per heavy atom. The summed E-state index contributed by atoms with van der Waals surface area (Å²) in [4.78, 5) is 0. The molecule has 0 bridgehead atoms. The van der Waals surface area contributed by atoms with E-state index in [1.54, 1.807) is 7.11 Å². The van der Waals surface area contributed by atoms with Gasteiger partial charge in [0.15, 0.2) is 0 Å². The summed E-state index contributed by atoms with van der Waals surface area (Å²) in [5.74, 6) is 0. The van der Waals surface area contributed by atoms with Gasteiger partial charge < -0.3 is 19.5 Å². The molecular formula is C11H23NO3. The Hall–Kier alpha value is -0.160. The van der Waals surface area contributed by atoms with Gasteiger partial charge in [-0.25, -0.2) is 0 Å². The zero-order valence-electron chi connectivity index (χ0n) is 9.83. The van der Waals surface area contributed by atoms with Crippen LogP contribution in [-0.4, -0.2) is 52.2 Å². The van der Waals surface area contributed by atoms with E-state index in [1.165, 1.54) is 0 Å². The fraction of sp³-hybridized carbons (Fsp3) is 1.00. The maximum absolute atomic E-state index is 5.73. The molecule has 4 heteroatoms. The van der Waals surface area contributed by atoms with Crippen LogP contribution in [0.2, 0.25) is 0 Å². The van der Waals surface area contributed by atoms with Crippen molar-refractivity contribution in [2.24, 2.45) is 0 Å². The first-order chi connectivity index (χ1) is 7.33. The molecule has 1 aliphatic rings. The second-order valence-electron chi connectivity index (χ2n) is 3.99. The second kappa shape index (κ2) is 8.05. The minimum atomic E-state index is 0.397. The van der Waals surface area contributed by atoms with Gasteiger partial charge in [-0.05, 0) is 19.8 Å². The maximum atomic E-state index is 5.73. The molecule has 0 aliphatic carbocycles. The van der Waals surface area contributed by atoms with E-state index >= 15 is 0 Å². The summed E-state index contributed by atoms with van der Waals surface area (Å²) < 4.78 is 16.0. The summed E-state index contributed by atoms with van der Waals surface area (Å²) in [6, 6.07) is 0.397. The SMILES string of the molecule is COCC(C)NCCOC1CCOCC1. The van der Waals surface area contributed by atoms with Crippen LogP contribution >= 0.6 is 0 Å². The highest BCUT2D eigenvalue weighted by Crippen LogP contribution is 2.09. The van der Waals surface area contributed by atoms with Crippen molar-refractivity contribution in [2.45, 2.75) is 31.9 Å². The molecule has 0 radical (unpaired) electrons. The molecule has 90 valence electrons. The van der Waals surface area contributed by atoms with Crippen LogP contribution in [0.3, 0.4) is 0 Å². The van der Waals surface area contributed by atoms with Crippen LogP contribution in [0, 0.1) is 0 Å². The van der Waals surface area contributed by atoms with Crippen LogP contribution in [0.1, 0.15) is 19.8 Å². The number of rotatable bonds is 7. The molecule has 1 unspecified atom stereocenters. The Kier molecular flexibility index (Phi) is 6.92. The summed E-state index contributed by atoms with van der Waals surface area (Å²) in [5.41, 5.74) is 0. The van der Waals surface area contributed by atoms with Crippen LogP contribution in [0.5, 0.6) is 0 Å². The van der Waals surface area contributed by atoms with Gasteiger partial charge in [0.25, 0.3) is 0 Å². The number of hydrogen-bond donors (Lipinski definition) is 1. The van der Waals surface area contributed by atoms with E-state index in [1.807, 2.05) is 0 Å². The number of hydrogen-bond acceptors (Lipinski definition) is 4. The van der Waals surface area contributed by atoms with Crippen LogP contribution in [0.4, 0.5) is 0 Å². The van der Waals surface area contributed by atoms with Crippen LogP contribution in [0.25, 0.3) is 0 Å². The molecule has 1 N–H and O–H groups in total. The molecule has 1 rings (SSSR count). The van der Waals surface area contributed by atoms with Gasteiger partial charge in [0, 0.05) is 32.9 Å². The lowest BCUT2D eigenvalue weighted by atomic mass is 10.2. The van der Waals surface area contributed by atoms with E-state index in [4.69, 9.17) is 14.2 Å². The quantitative estimate of drug-likeness (QED) is 0.641. The third kappa shape index (κ3) is 6.10. The highest BCUT2D eigenvalue weighted by molar-refractivity contribution is 4.63. The maximum Gasteiger partial charge on any atom is 0.0619 e. The van der Waals surface area contributed by atoms with Gasteiger partial charge in [0.1, 0.15) is 0 Å². The summed E-state index contributed by atoms with van der Waals surface area (Å²) in [6.45, 7) is 6.21. The third-order valence-corrected chi connectivity index (χ3v) is 2.53. The number of ether oxygens (including phenoxy) is 3. The van der Waals surface area contributed by atoms with Gasteiger partial charge in [0.05, 0.1) is 19.3 Å². The molecule has 0 aromatic heterocycles. The fourth-order valence-corrected chi connectivity index (χ4v) is 1.68. The van der Waals surface area contributed by atoms with Crippen molar-refractivity contribution in [3.63, 3.8) is 0 Å². The molecule has 1 aliphatic heterocycles. The molecule has 4 nitrogen and oxygen atoms in total. The predicted molar refractivity (Wildman–Crippen MR) is 59.1 cm³/mol. The van der Waals surface area contributed by atoms with E-state index in [2.05, 4.69) is 12.2 Å². The summed E-state index contributed by atoms with van der Waals surface area (Å²) in [7, 11) is 1.72. The standard InChI is InChI=1S/C11H23NO3/c1-10(9-13-2)12-5-8-15-11-3-6-14-7-4-11/h10-12H,3-9H2,1-2H3. The lowest BCUT2D eigenvalue weighted by molar-refractivity contribution is -0.0311. The molecule has 0 aromatic carbocycles. The molecule has 1 atom stereocenters. The van der Waals surface area contributed by atoms with E-state index in [0.717, 1.165) is 45.8 Å². The highest BCUT2D eigenvalue weighted by Gasteiger charge is 2.13. The van der Waals surface area contributed by atoms with Crippen molar-refractivity contribution in [1.29, 1.82) is 0 Å². The van der Waals surface area contributed by atoms with Gasteiger partial charge in [-0.15, -0.1) is 0 Å². The Bertz CT molecular complexity index is 149. The first-order valence-corrected chi connectivity index (χ1v) is 5.74. The topological polar surface area (TPSA) is 39.7 Å². The predicted octanol–water partition coefficient (Wildman–Crippen LogP) is 0.806. The molecule has 1 saturated heterocycles. The van der Waals surface area contributed by atoms with Gasteiger partial charge in [0.2, 0.25) is 0 Å².